The van der Waals surface area contributed by atoms with Gasteiger partial charge >= 0.3 is 0 Å². The van der Waals surface area contributed by atoms with Gasteiger partial charge in [-0.2, -0.15) is 0 Å². The zero-order valence-electron chi connectivity index (χ0n) is 5.59. The highest BCUT2D eigenvalue weighted by Crippen LogP contribution is 2.20. The largest absolute Gasteiger partial charge is 0.326 e. The Morgan fingerprint density at radius 2 is 2.00 bits per heavy atom. The second-order valence-electron chi connectivity index (χ2n) is 2.77. The molecule has 0 spiro atoms. The molecule has 1 rings (SSSR count). The van der Waals surface area contributed by atoms with Crippen molar-refractivity contribution in [1.82, 2.24) is 4.90 Å². The van der Waals surface area contributed by atoms with Crippen molar-refractivity contribution >= 4 is 0 Å². The summed E-state index contributed by atoms with van der Waals surface area (Å²) in [6, 6.07) is 1.11. The zero-order chi connectivity index (χ0) is 6.15. The Morgan fingerprint density at radius 1 is 1.38 bits per heavy atom. The van der Waals surface area contributed by atoms with Crippen LogP contribution in [0.15, 0.2) is 0 Å². The van der Waals surface area contributed by atoms with Gasteiger partial charge in [-0.05, 0) is 26.9 Å². The van der Waals surface area contributed by atoms with Crippen LogP contribution in [0.1, 0.15) is 12.8 Å². The molecule has 0 saturated heterocycles. The number of hydrogen-bond donors (Lipinski definition) is 1. The van der Waals surface area contributed by atoms with Crippen LogP contribution in [0.4, 0.5) is 0 Å². The molecular weight excluding hydrogens is 100 g/mol. The van der Waals surface area contributed by atoms with E-state index in [1.54, 1.807) is 0 Å². The smallest absolute Gasteiger partial charge is 0.0241 e. The minimum absolute atomic E-state index is 0.449. The van der Waals surface area contributed by atoms with E-state index in [4.69, 9.17) is 5.73 Å². The van der Waals surface area contributed by atoms with Crippen LogP contribution >= 0.6 is 0 Å². The maximum Gasteiger partial charge on any atom is 0.0241 e. The molecule has 0 aromatic heterocycles. The third kappa shape index (κ3) is 0.858. The van der Waals surface area contributed by atoms with E-state index in [0.717, 1.165) is 0 Å². The third-order valence-corrected chi connectivity index (χ3v) is 1.95. The van der Waals surface area contributed by atoms with E-state index >= 15 is 0 Å². The first kappa shape index (κ1) is 6.05. The first-order valence-electron chi connectivity index (χ1n) is 3.14. The summed E-state index contributed by atoms with van der Waals surface area (Å²) >= 11 is 0. The van der Waals surface area contributed by atoms with E-state index in [2.05, 4.69) is 19.0 Å². The van der Waals surface area contributed by atoms with E-state index in [-0.39, 0.29) is 0 Å². The van der Waals surface area contributed by atoms with Crippen LogP contribution in [0.25, 0.3) is 0 Å². The van der Waals surface area contributed by atoms with Crippen LogP contribution in [0.3, 0.4) is 0 Å². The molecule has 0 heterocycles. The molecule has 2 N–H and O–H groups in total. The third-order valence-electron chi connectivity index (χ3n) is 1.95. The Morgan fingerprint density at radius 3 is 2.00 bits per heavy atom. The maximum atomic E-state index is 5.68. The van der Waals surface area contributed by atoms with Crippen molar-refractivity contribution in [1.29, 1.82) is 0 Å². The van der Waals surface area contributed by atoms with Gasteiger partial charge in [0, 0.05) is 12.1 Å². The monoisotopic (exact) mass is 114 g/mol. The summed E-state index contributed by atoms with van der Waals surface area (Å²) < 4.78 is 0. The van der Waals surface area contributed by atoms with Gasteiger partial charge in [0.05, 0.1) is 0 Å². The lowest BCUT2D eigenvalue weighted by Crippen LogP contribution is -2.52. The molecule has 48 valence electrons. The van der Waals surface area contributed by atoms with Gasteiger partial charge in [-0.25, -0.2) is 0 Å². The fourth-order valence-electron chi connectivity index (χ4n) is 1.15. The Kier molecular flexibility index (Phi) is 1.54. The predicted octanol–water partition coefficient (Wildman–Crippen LogP) is 0.0377. The second-order valence-corrected chi connectivity index (χ2v) is 2.77. The molecule has 2 heteroatoms. The molecule has 1 saturated carbocycles. The lowest BCUT2D eigenvalue weighted by atomic mass is 9.86. The van der Waals surface area contributed by atoms with Crippen molar-refractivity contribution in [3.8, 4) is 0 Å². The number of likely N-dealkylation sites (N-methyl/N-ethyl adjacent to an activating group) is 1. The number of hydrogen-bond acceptors (Lipinski definition) is 2. The first-order chi connectivity index (χ1) is 3.72. The van der Waals surface area contributed by atoms with Gasteiger partial charge < -0.3 is 10.6 Å². The van der Waals surface area contributed by atoms with Crippen LogP contribution in [-0.2, 0) is 0 Å². The molecule has 1 aliphatic carbocycles. The molecule has 0 bridgehead atoms. The number of nitrogens with two attached hydrogens (primary N) is 1. The summed E-state index contributed by atoms with van der Waals surface area (Å²) in [5.41, 5.74) is 5.68. The highest BCUT2D eigenvalue weighted by Gasteiger charge is 2.28. The van der Waals surface area contributed by atoms with Gasteiger partial charge in [0.2, 0.25) is 0 Å². The van der Waals surface area contributed by atoms with Crippen molar-refractivity contribution in [3.05, 3.63) is 0 Å². The van der Waals surface area contributed by atoms with E-state index in [0.29, 0.717) is 12.1 Å². The van der Waals surface area contributed by atoms with Crippen molar-refractivity contribution in [2.45, 2.75) is 24.9 Å². The molecule has 8 heavy (non-hydrogen) atoms. The van der Waals surface area contributed by atoms with Crippen LogP contribution < -0.4 is 5.73 Å². The number of nitrogens with zero attached hydrogens (tertiary/aromatic N) is 1. The van der Waals surface area contributed by atoms with Gasteiger partial charge in [-0.15, -0.1) is 0 Å². The van der Waals surface area contributed by atoms with E-state index in [1.807, 2.05) is 0 Å². The van der Waals surface area contributed by atoms with Gasteiger partial charge in [-0.1, -0.05) is 0 Å². The molecule has 2 atom stereocenters. The summed E-state index contributed by atoms with van der Waals surface area (Å²) in [6.07, 6.45) is 2.50. The molecule has 2 nitrogen and oxygen atoms in total. The summed E-state index contributed by atoms with van der Waals surface area (Å²) in [4.78, 5) is 2.20. The lowest BCUT2D eigenvalue weighted by molar-refractivity contribution is 0.161. The lowest BCUT2D eigenvalue weighted by Gasteiger charge is -2.38. The predicted molar refractivity (Wildman–Crippen MR) is 34.7 cm³/mol. The second kappa shape index (κ2) is 2.03. The van der Waals surface area contributed by atoms with Crippen molar-refractivity contribution in [3.63, 3.8) is 0 Å². The highest BCUT2D eigenvalue weighted by atomic mass is 15.1. The fraction of sp³-hybridized carbons (Fsp3) is 1.00. The minimum Gasteiger partial charge on any atom is -0.326 e. The number of rotatable bonds is 1. The van der Waals surface area contributed by atoms with E-state index < -0.39 is 0 Å². The topological polar surface area (TPSA) is 29.3 Å². The quantitative estimate of drug-likeness (QED) is 0.521. The van der Waals surface area contributed by atoms with Crippen LogP contribution in [0, 0.1) is 0 Å². The SMILES string of the molecule is CN(C)[C@@H]1CC[C@H]1N. The Hall–Kier alpha value is -0.0800. The van der Waals surface area contributed by atoms with Crippen molar-refractivity contribution < 1.29 is 0 Å². The van der Waals surface area contributed by atoms with E-state index in [9.17, 15) is 0 Å². The molecule has 1 aliphatic rings. The molecule has 0 radical (unpaired) electrons. The normalized spacial score (nSPS) is 37.5. The van der Waals surface area contributed by atoms with Crippen LogP contribution in [-0.4, -0.2) is 31.1 Å². The standard InChI is InChI=1S/C6H14N2/c1-8(2)6-4-3-5(6)7/h5-6H,3-4,7H2,1-2H3/t5-,6-/m1/s1. The Balaban J connectivity index is 2.26. The Labute approximate surface area is 50.7 Å². The molecule has 0 amide bonds. The van der Waals surface area contributed by atoms with Gasteiger partial charge in [0.15, 0.2) is 0 Å². The highest BCUT2D eigenvalue weighted by molar-refractivity contribution is 4.89. The van der Waals surface area contributed by atoms with Crippen LogP contribution in [0.2, 0.25) is 0 Å². The minimum atomic E-state index is 0.449. The van der Waals surface area contributed by atoms with Crippen LogP contribution in [0.5, 0.6) is 0 Å². The molecular formula is C6H14N2. The van der Waals surface area contributed by atoms with Crippen molar-refractivity contribution in [2.75, 3.05) is 14.1 Å². The van der Waals surface area contributed by atoms with E-state index in [1.165, 1.54) is 12.8 Å². The Bertz CT molecular complexity index is 75.8. The summed E-state index contributed by atoms with van der Waals surface area (Å²) in [5, 5.41) is 0. The average molecular weight is 114 g/mol. The molecule has 0 aromatic carbocycles. The summed E-state index contributed by atoms with van der Waals surface area (Å²) in [5.74, 6) is 0. The molecule has 0 unspecified atom stereocenters. The summed E-state index contributed by atoms with van der Waals surface area (Å²) in [7, 11) is 4.17. The van der Waals surface area contributed by atoms with Gasteiger partial charge in [0.25, 0.3) is 0 Å². The fourth-order valence-corrected chi connectivity index (χ4v) is 1.15. The molecule has 0 aromatic rings. The molecule has 0 aliphatic heterocycles. The van der Waals surface area contributed by atoms with Crippen molar-refractivity contribution in [2.24, 2.45) is 5.73 Å². The average Bonchev–Trinajstić information content (AvgIpc) is 1.61. The molecule has 1 fully saturated rings. The summed E-state index contributed by atoms with van der Waals surface area (Å²) in [6.45, 7) is 0. The zero-order valence-corrected chi connectivity index (χ0v) is 5.59. The van der Waals surface area contributed by atoms with Gasteiger partial charge in [-0.3, -0.25) is 0 Å². The first-order valence-corrected chi connectivity index (χ1v) is 3.14. The van der Waals surface area contributed by atoms with Gasteiger partial charge in [0.1, 0.15) is 0 Å². The maximum absolute atomic E-state index is 5.68.